The lowest BCUT2D eigenvalue weighted by molar-refractivity contribution is -0.134. The van der Waals surface area contributed by atoms with Gasteiger partial charge in [-0.1, -0.05) is 12.8 Å². The summed E-state index contributed by atoms with van der Waals surface area (Å²) in [6, 6.07) is 0.499. The van der Waals surface area contributed by atoms with E-state index in [2.05, 4.69) is 10.4 Å². The van der Waals surface area contributed by atoms with Crippen molar-refractivity contribution in [1.29, 1.82) is 0 Å². The van der Waals surface area contributed by atoms with Gasteiger partial charge in [-0.05, 0) is 19.8 Å². The third-order valence-corrected chi connectivity index (χ3v) is 3.05. The van der Waals surface area contributed by atoms with Crippen LogP contribution in [0.25, 0.3) is 0 Å². The highest BCUT2D eigenvalue weighted by Crippen LogP contribution is 2.30. The highest BCUT2D eigenvalue weighted by Gasteiger charge is 2.18. The number of aryl methyl sites for hydroxylation is 1. The van der Waals surface area contributed by atoms with E-state index >= 15 is 0 Å². The van der Waals surface area contributed by atoms with E-state index in [4.69, 9.17) is 5.11 Å². The Labute approximate surface area is 94.5 Å². The first-order chi connectivity index (χ1) is 7.66. The molecule has 0 bridgehead atoms. The molecule has 0 aromatic carbocycles. The Hall–Kier alpha value is -1.52. The maximum absolute atomic E-state index is 10.5. The van der Waals surface area contributed by atoms with Crippen molar-refractivity contribution in [3.8, 4) is 0 Å². The van der Waals surface area contributed by atoms with E-state index in [1.54, 1.807) is 0 Å². The molecule has 0 atom stereocenters. The minimum Gasteiger partial charge on any atom is -0.480 e. The number of carboxylic acid groups (broad SMARTS) is 1. The molecule has 1 saturated carbocycles. The molecule has 0 amide bonds. The second kappa shape index (κ2) is 4.55. The van der Waals surface area contributed by atoms with Crippen molar-refractivity contribution in [2.24, 2.45) is 0 Å². The summed E-state index contributed by atoms with van der Waals surface area (Å²) in [6.07, 6.45) is 6.82. The van der Waals surface area contributed by atoms with Crippen LogP contribution in [0, 0.1) is 6.92 Å². The molecule has 2 N–H and O–H groups in total. The third kappa shape index (κ3) is 2.35. The van der Waals surface area contributed by atoms with Gasteiger partial charge in [0.25, 0.3) is 0 Å². The van der Waals surface area contributed by atoms with Crippen LogP contribution in [0.5, 0.6) is 0 Å². The fourth-order valence-corrected chi connectivity index (χ4v) is 2.18. The van der Waals surface area contributed by atoms with Crippen LogP contribution in [0.15, 0.2) is 6.20 Å². The number of carboxylic acids is 1. The molecule has 0 unspecified atom stereocenters. The van der Waals surface area contributed by atoms with Gasteiger partial charge in [0.2, 0.25) is 0 Å². The summed E-state index contributed by atoms with van der Waals surface area (Å²) in [5.74, 6) is -0.854. The molecule has 1 aliphatic rings. The average Bonchev–Trinajstić information content (AvgIpc) is 2.83. The van der Waals surface area contributed by atoms with Crippen molar-refractivity contribution in [2.75, 3.05) is 11.9 Å². The number of nitrogens with zero attached hydrogens (tertiary/aromatic N) is 2. The van der Waals surface area contributed by atoms with Crippen molar-refractivity contribution < 1.29 is 9.90 Å². The molecule has 88 valence electrons. The van der Waals surface area contributed by atoms with E-state index in [1.807, 2.05) is 17.8 Å². The van der Waals surface area contributed by atoms with E-state index < -0.39 is 5.97 Å². The molecule has 16 heavy (non-hydrogen) atoms. The molecular weight excluding hydrogens is 206 g/mol. The molecule has 2 rings (SSSR count). The molecule has 1 aromatic rings. The topological polar surface area (TPSA) is 67.2 Å². The summed E-state index contributed by atoms with van der Waals surface area (Å²) >= 11 is 0. The van der Waals surface area contributed by atoms with Gasteiger partial charge in [-0.15, -0.1) is 0 Å². The van der Waals surface area contributed by atoms with Gasteiger partial charge in [0.15, 0.2) is 0 Å². The fourth-order valence-electron chi connectivity index (χ4n) is 2.18. The highest BCUT2D eigenvalue weighted by molar-refractivity contribution is 5.72. The first kappa shape index (κ1) is 11.0. The standard InChI is InChI=1S/C11H17N3O2/c1-8-10(12-6-11(15)16)7-14(13-8)9-4-2-3-5-9/h7,9,12H,2-6H2,1H3,(H,15,16). The lowest BCUT2D eigenvalue weighted by atomic mass is 10.3. The second-order valence-corrected chi connectivity index (χ2v) is 4.29. The molecule has 5 nitrogen and oxygen atoms in total. The van der Waals surface area contributed by atoms with E-state index in [-0.39, 0.29) is 6.54 Å². The Morgan fingerprint density at radius 3 is 2.94 bits per heavy atom. The number of hydrogen-bond donors (Lipinski definition) is 2. The van der Waals surface area contributed by atoms with Gasteiger partial charge in [-0.3, -0.25) is 9.48 Å². The van der Waals surface area contributed by atoms with E-state index in [0.717, 1.165) is 11.4 Å². The maximum atomic E-state index is 10.5. The molecule has 1 heterocycles. The van der Waals surface area contributed by atoms with Crippen LogP contribution in [0.2, 0.25) is 0 Å². The van der Waals surface area contributed by atoms with Gasteiger partial charge in [0, 0.05) is 6.20 Å². The lowest BCUT2D eigenvalue weighted by Gasteiger charge is -2.08. The Morgan fingerprint density at radius 2 is 2.31 bits per heavy atom. The molecular formula is C11H17N3O2. The van der Waals surface area contributed by atoms with Gasteiger partial charge in [0.1, 0.15) is 6.54 Å². The predicted molar refractivity (Wildman–Crippen MR) is 60.6 cm³/mol. The summed E-state index contributed by atoms with van der Waals surface area (Å²) < 4.78 is 1.98. The molecule has 0 aliphatic heterocycles. The number of rotatable bonds is 4. The Bertz CT molecular complexity index is 381. The van der Waals surface area contributed by atoms with Crippen molar-refractivity contribution in [2.45, 2.75) is 38.6 Å². The predicted octanol–water partition coefficient (Wildman–Crippen LogP) is 1.80. The number of nitrogens with one attached hydrogen (secondary N) is 1. The van der Waals surface area contributed by atoms with E-state index in [9.17, 15) is 4.79 Å². The SMILES string of the molecule is Cc1nn(C2CCCC2)cc1NCC(=O)O. The normalized spacial score (nSPS) is 16.6. The van der Waals surface area contributed by atoms with Crippen molar-refractivity contribution >= 4 is 11.7 Å². The van der Waals surface area contributed by atoms with Gasteiger partial charge >= 0.3 is 5.97 Å². The molecule has 1 aromatic heterocycles. The highest BCUT2D eigenvalue weighted by atomic mass is 16.4. The zero-order chi connectivity index (χ0) is 11.5. The van der Waals surface area contributed by atoms with Crippen LogP contribution in [0.4, 0.5) is 5.69 Å². The maximum Gasteiger partial charge on any atom is 0.322 e. The second-order valence-electron chi connectivity index (χ2n) is 4.29. The summed E-state index contributed by atoms with van der Waals surface area (Å²) in [4.78, 5) is 10.5. The Kier molecular flexibility index (Phi) is 3.12. The zero-order valence-corrected chi connectivity index (χ0v) is 9.44. The number of anilines is 1. The molecule has 0 radical (unpaired) electrons. The van der Waals surface area contributed by atoms with E-state index in [0.29, 0.717) is 6.04 Å². The smallest absolute Gasteiger partial charge is 0.322 e. The molecule has 1 aliphatic carbocycles. The molecule has 0 saturated heterocycles. The van der Waals surface area contributed by atoms with Crippen molar-refractivity contribution in [3.05, 3.63) is 11.9 Å². The molecule has 0 spiro atoms. The van der Waals surface area contributed by atoms with Crippen LogP contribution >= 0.6 is 0 Å². The van der Waals surface area contributed by atoms with Crippen LogP contribution in [0.1, 0.15) is 37.4 Å². The van der Waals surface area contributed by atoms with Gasteiger partial charge in [-0.2, -0.15) is 5.10 Å². The number of aromatic nitrogens is 2. The van der Waals surface area contributed by atoms with Gasteiger partial charge in [-0.25, -0.2) is 0 Å². The van der Waals surface area contributed by atoms with Crippen LogP contribution in [-0.4, -0.2) is 27.4 Å². The fraction of sp³-hybridized carbons (Fsp3) is 0.636. The molecule has 5 heteroatoms. The summed E-state index contributed by atoms with van der Waals surface area (Å²) in [7, 11) is 0. The lowest BCUT2D eigenvalue weighted by Crippen LogP contribution is -2.12. The first-order valence-corrected chi connectivity index (χ1v) is 5.68. The number of aliphatic carboxylic acids is 1. The summed E-state index contributed by atoms with van der Waals surface area (Å²) in [6.45, 7) is 1.84. The third-order valence-electron chi connectivity index (χ3n) is 3.05. The summed E-state index contributed by atoms with van der Waals surface area (Å²) in [5.41, 5.74) is 1.70. The Morgan fingerprint density at radius 1 is 1.62 bits per heavy atom. The van der Waals surface area contributed by atoms with Gasteiger partial charge < -0.3 is 10.4 Å². The average molecular weight is 223 g/mol. The largest absolute Gasteiger partial charge is 0.480 e. The quantitative estimate of drug-likeness (QED) is 0.816. The molecule has 1 fully saturated rings. The van der Waals surface area contributed by atoms with E-state index in [1.165, 1.54) is 25.7 Å². The number of hydrogen-bond acceptors (Lipinski definition) is 3. The minimum absolute atomic E-state index is 0.0583. The van der Waals surface area contributed by atoms with Crippen molar-refractivity contribution in [3.63, 3.8) is 0 Å². The van der Waals surface area contributed by atoms with Crippen LogP contribution < -0.4 is 5.32 Å². The number of carbonyl (C=O) groups is 1. The van der Waals surface area contributed by atoms with Crippen LogP contribution in [-0.2, 0) is 4.79 Å². The monoisotopic (exact) mass is 223 g/mol. The van der Waals surface area contributed by atoms with Crippen LogP contribution in [0.3, 0.4) is 0 Å². The van der Waals surface area contributed by atoms with Crippen molar-refractivity contribution in [1.82, 2.24) is 9.78 Å². The summed E-state index contributed by atoms with van der Waals surface area (Å²) in [5, 5.41) is 15.9. The Balaban J connectivity index is 2.05. The minimum atomic E-state index is -0.854. The zero-order valence-electron chi connectivity index (χ0n) is 9.44. The first-order valence-electron chi connectivity index (χ1n) is 5.68. The van der Waals surface area contributed by atoms with Gasteiger partial charge in [0.05, 0.1) is 17.4 Å².